The first-order valence-electron chi connectivity index (χ1n) is 8.32. The molecule has 1 heterocycles. The predicted octanol–water partition coefficient (Wildman–Crippen LogP) is 3.28. The Morgan fingerprint density at radius 2 is 2.15 bits per heavy atom. The van der Waals surface area contributed by atoms with Crippen LogP contribution in [0.15, 0.2) is 23.6 Å². The lowest BCUT2D eigenvalue weighted by atomic mass is 10.1. The van der Waals surface area contributed by atoms with Gasteiger partial charge in [-0.15, -0.1) is 11.3 Å². The first-order chi connectivity index (χ1) is 12.4. The topological polar surface area (TPSA) is 77.5 Å². The summed E-state index contributed by atoms with van der Waals surface area (Å²) >= 11 is 1.40. The van der Waals surface area contributed by atoms with Crippen molar-refractivity contribution in [1.82, 2.24) is 9.88 Å². The fourth-order valence-corrected chi connectivity index (χ4v) is 2.80. The molecule has 0 aliphatic rings. The van der Waals surface area contributed by atoms with E-state index in [4.69, 9.17) is 5.11 Å². The number of nitrogens with one attached hydrogen (secondary N) is 2. The molecule has 3 N–H and O–H groups in total. The molecule has 0 aliphatic heterocycles. The molecule has 0 bridgehead atoms. The number of hydrogen-bond donors (Lipinski definition) is 3. The number of aryl methyl sites for hydroxylation is 1. The van der Waals surface area contributed by atoms with Crippen LogP contribution in [-0.4, -0.2) is 40.7 Å². The van der Waals surface area contributed by atoms with Crippen molar-refractivity contribution in [3.05, 3.63) is 40.4 Å². The number of benzene rings is 1. The van der Waals surface area contributed by atoms with Crippen molar-refractivity contribution in [3.63, 3.8) is 0 Å². The van der Waals surface area contributed by atoms with Gasteiger partial charge >= 0.3 is 6.03 Å². The van der Waals surface area contributed by atoms with E-state index >= 15 is 0 Å². The lowest BCUT2D eigenvalue weighted by molar-refractivity contribution is 0.261. The number of rotatable bonds is 5. The molecule has 0 atom stereocenters. The molecule has 2 amide bonds. The van der Waals surface area contributed by atoms with Crippen molar-refractivity contribution in [2.45, 2.75) is 33.4 Å². The maximum atomic E-state index is 12.2. The van der Waals surface area contributed by atoms with Crippen LogP contribution in [0, 0.1) is 18.8 Å². The highest BCUT2D eigenvalue weighted by Gasteiger charge is 2.10. The summed E-state index contributed by atoms with van der Waals surface area (Å²) in [6.07, 6.45) is 0. The lowest BCUT2D eigenvalue weighted by Crippen LogP contribution is -2.25. The molecular weight excluding hydrogens is 348 g/mol. The molecule has 0 saturated heterocycles. The van der Waals surface area contributed by atoms with Crippen molar-refractivity contribution >= 4 is 28.2 Å². The Kier molecular flexibility index (Phi) is 7.16. The molecule has 2 rings (SSSR count). The zero-order chi connectivity index (χ0) is 19.1. The maximum Gasteiger partial charge on any atom is 0.325 e. The number of carbonyl (C=O) groups excluding carboxylic acids is 1. The van der Waals surface area contributed by atoms with E-state index < -0.39 is 0 Å². The van der Waals surface area contributed by atoms with Gasteiger partial charge in [0.25, 0.3) is 0 Å². The molecule has 0 radical (unpaired) electrons. The van der Waals surface area contributed by atoms with Gasteiger partial charge in [-0.2, -0.15) is 0 Å². The molecule has 138 valence electrons. The van der Waals surface area contributed by atoms with Gasteiger partial charge in [-0.1, -0.05) is 17.9 Å². The first-order valence-corrected chi connectivity index (χ1v) is 9.20. The Bertz CT molecular complexity index is 820. The largest absolute Gasteiger partial charge is 0.384 e. The zero-order valence-electron chi connectivity index (χ0n) is 15.5. The number of aliphatic hydroxyl groups is 1. The number of hydrogen-bond acceptors (Lipinski definition) is 5. The highest BCUT2D eigenvalue weighted by atomic mass is 32.1. The monoisotopic (exact) mass is 372 g/mol. The number of urea groups is 1. The zero-order valence-corrected chi connectivity index (χ0v) is 16.3. The molecule has 1 aromatic heterocycles. The second-order valence-electron chi connectivity index (χ2n) is 6.22. The van der Waals surface area contributed by atoms with Gasteiger partial charge in [-0.05, 0) is 45.5 Å². The summed E-state index contributed by atoms with van der Waals surface area (Å²) in [6.45, 7) is 6.72. The van der Waals surface area contributed by atoms with Crippen molar-refractivity contribution in [2.24, 2.45) is 0 Å². The van der Waals surface area contributed by atoms with Gasteiger partial charge in [-0.3, -0.25) is 10.2 Å². The predicted molar refractivity (Wildman–Crippen MR) is 107 cm³/mol. The molecule has 0 aliphatic carbocycles. The summed E-state index contributed by atoms with van der Waals surface area (Å²) in [5.74, 6) is 5.49. The van der Waals surface area contributed by atoms with Crippen LogP contribution in [0.3, 0.4) is 0 Å². The number of nitrogens with zero attached hydrogens (tertiary/aromatic N) is 2. The van der Waals surface area contributed by atoms with E-state index in [1.54, 1.807) is 6.07 Å². The fourth-order valence-electron chi connectivity index (χ4n) is 2.10. The molecule has 0 unspecified atom stereocenters. The molecule has 6 nitrogen and oxygen atoms in total. The minimum absolute atomic E-state index is 0.198. The minimum Gasteiger partial charge on any atom is -0.384 e. The van der Waals surface area contributed by atoms with E-state index in [1.165, 1.54) is 11.3 Å². The normalized spacial score (nSPS) is 10.6. The molecule has 2 aromatic rings. The van der Waals surface area contributed by atoms with Gasteiger partial charge < -0.3 is 10.4 Å². The molecule has 0 fully saturated rings. The number of aliphatic hydroxyl groups excluding tert-OH is 1. The summed E-state index contributed by atoms with van der Waals surface area (Å²) in [5, 5.41) is 16.9. The number of thiazole rings is 1. The second kappa shape index (κ2) is 9.34. The van der Waals surface area contributed by atoms with Crippen molar-refractivity contribution in [3.8, 4) is 11.8 Å². The van der Waals surface area contributed by atoms with E-state index in [0.29, 0.717) is 16.9 Å². The van der Waals surface area contributed by atoms with Gasteiger partial charge in [-0.25, -0.2) is 9.78 Å². The fraction of sp³-hybridized carbons (Fsp3) is 0.368. The molecule has 26 heavy (non-hydrogen) atoms. The van der Waals surface area contributed by atoms with Crippen LogP contribution in [0.25, 0.3) is 0 Å². The van der Waals surface area contributed by atoms with Crippen molar-refractivity contribution in [2.75, 3.05) is 24.3 Å². The summed E-state index contributed by atoms with van der Waals surface area (Å²) < 4.78 is 0. The van der Waals surface area contributed by atoms with Gasteiger partial charge in [0, 0.05) is 29.2 Å². The second-order valence-corrected chi connectivity index (χ2v) is 7.08. The smallest absolute Gasteiger partial charge is 0.325 e. The Balaban J connectivity index is 1.98. The van der Waals surface area contributed by atoms with Crippen LogP contribution < -0.4 is 10.6 Å². The Hall–Kier alpha value is -2.40. The third-order valence-electron chi connectivity index (χ3n) is 3.86. The summed E-state index contributed by atoms with van der Waals surface area (Å²) in [7, 11) is 2.04. The van der Waals surface area contributed by atoms with E-state index in [2.05, 4.69) is 46.2 Å². The van der Waals surface area contributed by atoms with E-state index in [9.17, 15) is 4.79 Å². The quantitative estimate of drug-likeness (QED) is 0.704. The molecule has 0 saturated carbocycles. The van der Waals surface area contributed by atoms with E-state index in [-0.39, 0.29) is 12.6 Å². The molecular formula is C19H24N4O2S. The van der Waals surface area contributed by atoms with Gasteiger partial charge in [0.05, 0.1) is 5.69 Å². The third kappa shape index (κ3) is 5.85. The van der Waals surface area contributed by atoms with Crippen molar-refractivity contribution in [1.29, 1.82) is 0 Å². The maximum absolute atomic E-state index is 12.2. The van der Waals surface area contributed by atoms with Crippen LogP contribution in [-0.2, 0) is 6.54 Å². The third-order valence-corrected chi connectivity index (χ3v) is 4.67. The highest BCUT2D eigenvalue weighted by Crippen LogP contribution is 2.18. The Labute approximate surface area is 158 Å². The average molecular weight is 372 g/mol. The standard InChI is InChI=1S/C19H24N4O2S/c1-13(2)23(4)11-17-12-26-19(21-17)22-18(25)20-16-8-7-14(3)15(10-16)6-5-9-24/h7-8,10,12-13,24H,9,11H2,1-4H3,(H2,20,21,22,25). The SMILES string of the molecule is Cc1ccc(NC(=O)Nc2nc(CN(C)C(C)C)cs2)cc1C#CCO. The Morgan fingerprint density at radius 1 is 1.38 bits per heavy atom. The van der Waals surface area contributed by atoms with Crippen molar-refractivity contribution < 1.29 is 9.90 Å². The molecule has 7 heteroatoms. The van der Waals surface area contributed by atoms with Crippen LogP contribution >= 0.6 is 11.3 Å². The molecule has 1 aromatic carbocycles. The highest BCUT2D eigenvalue weighted by molar-refractivity contribution is 7.13. The van der Waals surface area contributed by atoms with E-state index in [0.717, 1.165) is 23.4 Å². The number of anilines is 2. The van der Waals surface area contributed by atoms with E-state index in [1.807, 2.05) is 31.5 Å². The van der Waals surface area contributed by atoms with Gasteiger partial charge in [0.15, 0.2) is 5.13 Å². The Morgan fingerprint density at radius 3 is 2.85 bits per heavy atom. The van der Waals surface area contributed by atoms with Crippen LogP contribution in [0.1, 0.15) is 30.7 Å². The summed E-state index contributed by atoms with van der Waals surface area (Å²) in [5.41, 5.74) is 3.31. The van der Waals surface area contributed by atoms with Crippen LogP contribution in [0.4, 0.5) is 15.6 Å². The number of carbonyl (C=O) groups is 1. The van der Waals surface area contributed by atoms with Gasteiger partial charge in [0.2, 0.25) is 0 Å². The summed E-state index contributed by atoms with van der Waals surface area (Å²) in [6, 6.07) is 5.54. The number of aromatic nitrogens is 1. The average Bonchev–Trinajstić information content (AvgIpc) is 3.01. The summed E-state index contributed by atoms with van der Waals surface area (Å²) in [4.78, 5) is 18.8. The lowest BCUT2D eigenvalue weighted by Gasteiger charge is -2.19. The van der Waals surface area contributed by atoms with Crippen LogP contribution in [0.5, 0.6) is 0 Å². The minimum atomic E-state index is -0.354. The first kappa shape index (κ1) is 19.9. The van der Waals surface area contributed by atoms with Gasteiger partial charge in [0.1, 0.15) is 6.61 Å². The molecule has 0 spiro atoms. The van der Waals surface area contributed by atoms with Crippen LogP contribution in [0.2, 0.25) is 0 Å². The number of amides is 2.